The second kappa shape index (κ2) is 11.9. The number of rotatable bonds is 9. The van der Waals surface area contributed by atoms with Crippen LogP contribution in [0.1, 0.15) is 37.5 Å². The molecule has 2 aromatic carbocycles. The summed E-state index contributed by atoms with van der Waals surface area (Å²) in [6, 6.07) is 16.6. The molecule has 1 fully saturated rings. The Kier molecular flexibility index (Phi) is 8.14. The number of aromatic nitrogens is 3. The van der Waals surface area contributed by atoms with Gasteiger partial charge in [0, 0.05) is 24.8 Å². The summed E-state index contributed by atoms with van der Waals surface area (Å²) in [6.45, 7) is 9.05. The largest absolute Gasteiger partial charge is 0.439 e. The highest BCUT2D eigenvalue weighted by atomic mass is 19.1. The molecule has 200 valence electrons. The van der Waals surface area contributed by atoms with Gasteiger partial charge in [-0.25, -0.2) is 14.1 Å². The lowest BCUT2D eigenvalue weighted by molar-refractivity contribution is -0.122. The monoisotopic (exact) mass is 518 g/mol. The Labute approximate surface area is 222 Å². The van der Waals surface area contributed by atoms with Crippen molar-refractivity contribution < 1.29 is 13.6 Å². The van der Waals surface area contributed by atoms with Crippen LogP contribution in [0.25, 0.3) is 16.8 Å². The summed E-state index contributed by atoms with van der Waals surface area (Å²) in [5.74, 6) is 0.761. The van der Waals surface area contributed by atoms with Crippen molar-refractivity contribution in [1.29, 1.82) is 0 Å². The van der Waals surface area contributed by atoms with Gasteiger partial charge >= 0.3 is 0 Å². The molecule has 2 aromatic heterocycles. The number of hydrogen-bond acceptors (Lipinski definition) is 6. The van der Waals surface area contributed by atoms with Gasteiger partial charge in [0.1, 0.15) is 11.3 Å². The van der Waals surface area contributed by atoms with Crippen molar-refractivity contribution in [3.05, 3.63) is 77.7 Å². The van der Waals surface area contributed by atoms with Crippen molar-refractivity contribution in [3.8, 4) is 5.69 Å². The molecule has 9 heteroatoms. The minimum atomic E-state index is -0.329. The highest BCUT2D eigenvalue weighted by molar-refractivity contribution is 5.78. The van der Waals surface area contributed by atoms with Gasteiger partial charge in [0.25, 0.3) is 0 Å². The molecule has 1 aliphatic heterocycles. The van der Waals surface area contributed by atoms with E-state index in [9.17, 15) is 9.18 Å². The first-order valence-electron chi connectivity index (χ1n) is 13.3. The lowest BCUT2D eigenvalue weighted by Crippen LogP contribution is -2.39. The van der Waals surface area contributed by atoms with Gasteiger partial charge < -0.3 is 9.73 Å². The summed E-state index contributed by atoms with van der Waals surface area (Å²) in [5, 5.41) is 7.84. The van der Waals surface area contributed by atoms with E-state index in [1.165, 1.54) is 12.1 Å². The van der Waals surface area contributed by atoms with Crippen molar-refractivity contribution in [3.63, 3.8) is 0 Å². The average molecular weight is 519 g/mol. The lowest BCUT2D eigenvalue weighted by Gasteiger charge is -2.20. The van der Waals surface area contributed by atoms with Gasteiger partial charge in [-0.15, -0.1) is 0 Å². The zero-order chi connectivity index (χ0) is 26.5. The summed E-state index contributed by atoms with van der Waals surface area (Å²) in [7, 11) is 0. The number of hydrogen-bond donors (Lipinski definition) is 1. The Balaban J connectivity index is 1.12. The third-order valence-electron chi connectivity index (χ3n) is 6.72. The number of halogens is 1. The Hall–Kier alpha value is -3.56. The van der Waals surface area contributed by atoms with Gasteiger partial charge in [-0.1, -0.05) is 32.0 Å². The van der Waals surface area contributed by atoms with E-state index in [-0.39, 0.29) is 11.7 Å². The maximum absolute atomic E-state index is 13.5. The van der Waals surface area contributed by atoms with E-state index in [0.29, 0.717) is 42.5 Å². The molecule has 5 rings (SSSR count). The minimum absolute atomic E-state index is 0.000835. The van der Waals surface area contributed by atoms with Gasteiger partial charge in [0.05, 0.1) is 31.0 Å². The molecule has 0 radical (unpaired) electrons. The number of carbonyl (C=O) groups is 1. The summed E-state index contributed by atoms with van der Waals surface area (Å²) in [4.78, 5) is 21.7. The predicted octanol–water partition coefficient (Wildman–Crippen LogP) is 4.18. The first-order valence-corrected chi connectivity index (χ1v) is 13.3. The van der Waals surface area contributed by atoms with E-state index in [2.05, 4.69) is 40.0 Å². The number of nitrogens with zero attached hydrogens (tertiary/aromatic N) is 5. The molecule has 0 spiro atoms. The fraction of sp³-hybridized carbons (Fsp3) is 0.414. The molecule has 0 atom stereocenters. The number of nitrogens with one attached hydrogen (secondary N) is 1. The summed E-state index contributed by atoms with van der Waals surface area (Å²) in [5.41, 5.74) is 4.17. The standard InChI is InChI=1S/C29H35FN6O2/c1-21(2)15-25-17-23(33-36(25)24-7-4-3-5-8-24)18-31-28(37)19-34-11-6-12-35(14-13-34)20-29-32-26-10-9-22(30)16-27(26)38-29/h3-5,7-10,16-17,21H,6,11-15,18-20H2,1-2H3,(H,31,37). The van der Waals surface area contributed by atoms with Crippen LogP contribution in [-0.4, -0.2) is 63.2 Å². The van der Waals surface area contributed by atoms with E-state index in [1.54, 1.807) is 6.07 Å². The highest BCUT2D eigenvalue weighted by Crippen LogP contribution is 2.19. The highest BCUT2D eigenvalue weighted by Gasteiger charge is 2.19. The van der Waals surface area contributed by atoms with Crippen molar-refractivity contribution in [2.45, 2.75) is 39.8 Å². The van der Waals surface area contributed by atoms with Gasteiger partial charge in [-0.05, 0) is 62.2 Å². The molecule has 1 saturated heterocycles. The van der Waals surface area contributed by atoms with E-state index < -0.39 is 0 Å². The first-order chi connectivity index (χ1) is 18.4. The topological polar surface area (TPSA) is 79.4 Å². The number of amides is 1. The van der Waals surface area contributed by atoms with Crippen LogP contribution < -0.4 is 5.32 Å². The van der Waals surface area contributed by atoms with Gasteiger partial charge in [0.15, 0.2) is 5.58 Å². The average Bonchev–Trinajstić information content (AvgIpc) is 3.41. The van der Waals surface area contributed by atoms with E-state index >= 15 is 0 Å². The van der Waals surface area contributed by atoms with Crippen LogP contribution in [0, 0.1) is 11.7 Å². The lowest BCUT2D eigenvalue weighted by atomic mass is 10.1. The van der Waals surface area contributed by atoms with Crippen LogP contribution in [0.2, 0.25) is 0 Å². The zero-order valence-corrected chi connectivity index (χ0v) is 22.1. The third kappa shape index (κ3) is 6.65. The molecule has 0 saturated carbocycles. The normalized spacial score (nSPS) is 15.3. The Morgan fingerprint density at radius 1 is 1.05 bits per heavy atom. The SMILES string of the molecule is CC(C)Cc1cc(CNC(=O)CN2CCCN(Cc3nc4ccc(F)cc4o3)CC2)nn1-c1ccccc1. The second-order valence-corrected chi connectivity index (χ2v) is 10.4. The number of oxazole rings is 1. The maximum atomic E-state index is 13.5. The van der Waals surface area contributed by atoms with Crippen LogP contribution in [-0.2, 0) is 24.3 Å². The Morgan fingerprint density at radius 3 is 2.66 bits per heavy atom. The third-order valence-corrected chi connectivity index (χ3v) is 6.72. The Morgan fingerprint density at radius 2 is 1.84 bits per heavy atom. The van der Waals surface area contributed by atoms with Crippen LogP contribution in [0.15, 0.2) is 59.0 Å². The smallest absolute Gasteiger partial charge is 0.234 e. The second-order valence-electron chi connectivity index (χ2n) is 10.4. The number of carbonyl (C=O) groups excluding carboxylic acids is 1. The molecule has 8 nitrogen and oxygen atoms in total. The number of benzene rings is 2. The van der Waals surface area contributed by atoms with Crippen molar-refractivity contribution >= 4 is 17.0 Å². The fourth-order valence-electron chi connectivity index (χ4n) is 4.91. The van der Waals surface area contributed by atoms with Crippen molar-refractivity contribution in [1.82, 2.24) is 29.9 Å². The first kappa shape index (κ1) is 26.1. The van der Waals surface area contributed by atoms with Crippen molar-refractivity contribution in [2.75, 3.05) is 32.7 Å². The van der Waals surface area contributed by atoms with E-state index in [0.717, 1.165) is 56.1 Å². The fourth-order valence-corrected chi connectivity index (χ4v) is 4.91. The quantitative estimate of drug-likeness (QED) is 0.358. The van der Waals surface area contributed by atoms with Crippen LogP contribution >= 0.6 is 0 Å². The molecule has 4 aromatic rings. The van der Waals surface area contributed by atoms with E-state index in [1.807, 2.05) is 35.0 Å². The molecule has 0 bridgehead atoms. The maximum Gasteiger partial charge on any atom is 0.234 e. The van der Waals surface area contributed by atoms with Crippen molar-refractivity contribution in [2.24, 2.45) is 5.92 Å². The molecule has 1 N–H and O–H groups in total. The van der Waals surface area contributed by atoms with Gasteiger partial charge in [-0.3, -0.25) is 14.6 Å². The van der Waals surface area contributed by atoms with Crippen LogP contribution in [0.3, 0.4) is 0 Å². The number of fused-ring (bicyclic) bond motifs is 1. The minimum Gasteiger partial charge on any atom is -0.439 e. The van der Waals surface area contributed by atoms with Gasteiger partial charge in [0.2, 0.25) is 11.8 Å². The summed E-state index contributed by atoms with van der Waals surface area (Å²) in [6.07, 6.45) is 1.86. The van der Waals surface area contributed by atoms with Crippen LogP contribution in [0.4, 0.5) is 4.39 Å². The molecule has 1 amide bonds. The van der Waals surface area contributed by atoms with Crippen LogP contribution in [0.5, 0.6) is 0 Å². The molecule has 3 heterocycles. The summed E-state index contributed by atoms with van der Waals surface area (Å²) >= 11 is 0. The molecule has 0 unspecified atom stereocenters. The molecular weight excluding hydrogens is 483 g/mol. The van der Waals surface area contributed by atoms with E-state index in [4.69, 9.17) is 9.52 Å². The molecule has 0 aliphatic carbocycles. The Bertz CT molecular complexity index is 1370. The molecule has 1 aliphatic rings. The molecular formula is C29H35FN6O2. The predicted molar refractivity (Wildman–Crippen MR) is 144 cm³/mol. The van der Waals surface area contributed by atoms with Gasteiger partial charge in [-0.2, -0.15) is 5.10 Å². The molecule has 38 heavy (non-hydrogen) atoms. The zero-order valence-electron chi connectivity index (χ0n) is 22.1. The number of para-hydroxylation sites is 1. The summed E-state index contributed by atoms with van der Waals surface area (Å²) < 4.78 is 21.2.